The molecule has 8 aromatic heterocycles. The van der Waals surface area contributed by atoms with Crippen LogP contribution in [-0.2, 0) is 16.0 Å². The molecule has 786 valence electrons. The molecular weight excluding hydrogens is 1870 g/mol. The van der Waals surface area contributed by atoms with Gasteiger partial charge in [-0.2, -0.15) is 18.4 Å². The van der Waals surface area contributed by atoms with Gasteiger partial charge in [0.05, 0.1) is 68.3 Å². The smallest absolute Gasteiger partial charge is 0.422 e. The fourth-order valence-corrected chi connectivity index (χ4v) is 20.6. The standard InChI is InChI=1S/C29H37F3N4O3.C29H38N4O4.C28H35N5O2.C28H36N4O4/c1-20-6-7-26(39-20)25-17-23(33-21-8-13-35(2)14-9-21)22-16-27(38-19-29(30,31)32)28(18-24(22)34-25)37-15-5-12-36-10-3-4-11-36;1-5-21-6-7-26(37-21)25-16-23(30-20-10-13-33(3)29(34)14-20)22-15-27(35-4)28(17-24(22)31-25)36-18-19-8-11-32(2)12-9-19;1-20-6-7-27(35-20)26-17-24(30-22-8-13-32(2)14-9-22)23-16-21(19-29)28(18-25(23)31-26)34-15-5-12-33-10-3-4-11-33;1-18-5-6-25(36-18)24-15-22(29-20-9-12-32(3)28(33)13-20)21-14-26(34-4)27(16-23(21)30-24)35-17-19-7-10-31(2)11-8-19/h6-7,16-18,21H,3-5,8-15,19H2,1-2H3,(H,33,34);6-7,15-17,19-20H,5,8-14,18H2,1-4H3,(H,30,31);6-7,16-18,22H,3-5,8-15H2,1-2H3,(H,30,31);5-6,14-16,19-20H,7-13,17H2,1-4H3,(H,29,30). The third kappa shape index (κ3) is 28.3. The van der Waals surface area contributed by atoms with E-state index in [0.29, 0.717) is 120 Å². The van der Waals surface area contributed by atoms with Crippen LogP contribution < -0.4 is 54.4 Å². The summed E-state index contributed by atoms with van der Waals surface area (Å²) in [5.41, 5.74) is 10.1. The first-order chi connectivity index (χ1) is 71.1. The van der Waals surface area contributed by atoms with Crippen molar-refractivity contribution in [3.05, 3.63) is 150 Å². The van der Waals surface area contributed by atoms with Crippen molar-refractivity contribution in [2.75, 3.05) is 216 Å². The lowest BCUT2D eigenvalue weighted by molar-refractivity contribution is -0.153. The topological polar surface area (TPSA) is 301 Å². The molecule has 0 saturated carbocycles. The van der Waals surface area contributed by atoms with Gasteiger partial charge in [-0.1, -0.05) is 6.92 Å². The van der Waals surface area contributed by atoms with Gasteiger partial charge < -0.3 is 111 Å². The van der Waals surface area contributed by atoms with E-state index < -0.39 is 12.8 Å². The normalized spacial score (nSPS) is 18.6. The van der Waals surface area contributed by atoms with Crippen molar-refractivity contribution >= 4 is 78.2 Å². The number of benzene rings is 4. The summed E-state index contributed by atoms with van der Waals surface area (Å²) in [6.07, 6.45) is 14.4. The maximum absolute atomic E-state index is 13.1. The van der Waals surface area contributed by atoms with Gasteiger partial charge in [0, 0.05) is 152 Å². The fraction of sp³-hybridized carbons (Fsp3) is 0.518. The van der Waals surface area contributed by atoms with Gasteiger partial charge in [0.15, 0.2) is 64.1 Å². The van der Waals surface area contributed by atoms with E-state index in [1.54, 1.807) is 36.2 Å². The Labute approximate surface area is 860 Å². The van der Waals surface area contributed by atoms with E-state index in [4.69, 9.17) is 70.8 Å². The van der Waals surface area contributed by atoms with E-state index in [-0.39, 0.29) is 41.4 Å². The highest BCUT2D eigenvalue weighted by Gasteiger charge is 2.34. The molecule has 8 fully saturated rings. The Bertz CT molecular complexity index is 6470. The zero-order valence-electron chi connectivity index (χ0n) is 87.6. The lowest BCUT2D eigenvalue weighted by Gasteiger charge is -2.30. The Morgan fingerprint density at radius 1 is 0.388 bits per heavy atom. The van der Waals surface area contributed by atoms with Crippen LogP contribution in [0.2, 0.25) is 0 Å². The number of ether oxygens (including phenoxy) is 7. The number of methoxy groups -OCH3 is 2. The molecule has 4 aromatic carbocycles. The molecule has 2 unspecified atom stereocenters. The van der Waals surface area contributed by atoms with Crippen LogP contribution in [-0.4, -0.2) is 296 Å². The zero-order valence-corrected chi connectivity index (χ0v) is 87.6. The van der Waals surface area contributed by atoms with Crippen LogP contribution in [0.4, 0.5) is 35.9 Å². The summed E-state index contributed by atoms with van der Waals surface area (Å²) in [6.45, 7) is 25.2. The molecule has 147 heavy (non-hydrogen) atoms. The number of amides is 2. The molecule has 12 aromatic rings. The number of rotatable bonds is 33. The number of nitriles is 1. The summed E-state index contributed by atoms with van der Waals surface area (Å²) < 4.78 is 105. The van der Waals surface area contributed by atoms with Gasteiger partial charge in [-0.25, -0.2) is 19.9 Å². The minimum Gasteiger partial charge on any atom is -0.493 e. The lowest BCUT2D eigenvalue weighted by atomic mass is 9.98. The summed E-state index contributed by atoms with van der Waals surface area (Å²) >= 11 is 0. The van der Waals surface area contributed by atoms with Gasteiger partial charge in [0.2, 0.25) is 11.8 Å². The van der Waals surface area contributed by atoms with Crippen molar-refractivity contribution < 1.29 is 73.6 Å². The third-order valence-electron chi connectivity index (χ3n) is 29.7. The molecule has 4 N–H and O–H groups in total. The zero-order chi connectivity index (χ0) is 103. The fourth-order valence-electron chi connectivity index (χ4n) is 20.6. The largest absolute Gasteiger partial charge is 0.493 e. The van der Waals surface area contributed by atoms with Crippen molar-refractivity contribution in [3.8, 4) is 92.1 Å². The predicted molar refractivity (Wildman–Crippen MR) is 571 cm³/mol. The molecule has 16 heterocycles. The number of hydrogen-bond acceptors (Lipinski definition) is 28. The van der Waals surface area contributed by atoms with E-state index in [9.17, 15) is 28.0 Å². The maximum atomic E-state index is 13.1. The molecule has 33 heteroatoms. The Morgan fingerprint density at radius 3 is 1.06 bits per heavy atom. The Balaban J connectivity index is 0.000000134. The van der Waals surface area contributed by atoms with Gasteiger partial charge in [-0.3, -0.25) is 9.59 Å². The predicted octanol–water partition coefficient (Wildman–Crippen LogP) is 20.5. The van der Waals surface area contributed by atoms with Gasteiger partial charge in [0.1, 0.15) is 57.6 Å². The summed E-state index contributed by atoms with van der Waals surface area (Å²) in [5, 5.41) is 28.0. The molecule has 0 spiro atoms. The Morgan fingerprint density at radius 2 is 0.714 bits per heavy atom. The van der Waals surface area contributed by atoms with E-state index in [2.05, 4.69) is 97.9 Å². The van der Waals surface area contributed by atoms with E-state index in [0.717, 1.165) is 282 Å². The molecule has 0 radical (unpaired) electrons. The molecule has 2 atom stereocenters. The number of aryl methyl sites for hydroxylation is 4. The Kier molecular flexibility index (Phi) is 35.6. The van der Waals surface area contributed by atoms with Crippen molar-refractivity contribution in [1.82, 2.24) is 59.1 Å². The van der Waals surface area contributed by atoms with Crippen molar-refractivity contribution in [1.29, 1.82) is 5.26 Å². The highest BCUT2D eigenvalue weighted by Crippen LogP contribution is 2.45. The first-order valence-electron chi connectivity index (χ1n) is 52.8. The SMILES string of the molecule is CCc1ccc(-c2cc(NC3CCN(C)C(=O)C3)c3cc(OC)c(OCC4CCN(C)CC4)cc3n2)o1.COc1cc2c(NC3CCN(C)C(=O)C3)cc(-c3ccc(C)o3)nc2cc1OCC1CCN(C)CC1.Cc1ccc(-c2cc(NC3CCN(C)CC3)c3cc(C#N)c(OCCCN4CCCC4)cc3n2)o1.Cc1ccc(-c2cc(NC3CCN(C)CC3)c3cc(OCC(F)(F)F)c(OCCCN4CCCC4)cc3n2)o1. The minimum atomic E-state index is -4.46. The number of carbonyl (C=O) groups is 2. The average molecular weight is 2020 g/mol. The van der Waals surface area contributed by atoms with Crippen molar-refractivity contribution in [3.63, 3.8) is 0 Å². The van der Waals surface area contributed by atoms with Crippen LogP contribution in [0.15, 0.2) is 139 Å². The number of halogens is 3. The number of anilines is 4. The van der Waals surface area contributed by atoms with Gasteiger partial charge in [0.25, 0.3) is 0 Å². The minimum absolute atomic E-state index is 0.0521. The van der Waals surface area contributed by atoms with Gasteiger partial charge >= 0.3 is 6.18 Å². The van der Waals surface area contributed by atoms with E-state index >= 15 is 0 Å². The number of pyridine rings is 4. The third-order valence-corrected chi connectivity index (χ3v) is 29.7. The Hall–Kier alpha value is -12.6. The summed E-state index contributed by atoms with van der Waals surface area (Å²) in [5.74, 6) is 11.3. The number of aromatic nitrogens is 4. The van der Waals surface area contributed by atoms with Crippen LogP contribution in [0, 0.1) is 43.9 Å². The molecule has 8 aliphatic rings. The highest BCUT2D eigenvalue weighted by atomic mass is 19.4. The number of fused-ring (bicyclic) bond motifs is 4. The van der Waals surface area contributed by atoms with Gasteiger partial charge in [-0.15, -0.1) is 0 Å². The molecule has 2 amide bonds. The number of carbonyl (C=O) groups excluding carboxylic acids is 2. The van der Waals surface area contributed by atoms with E-state index in [1.165, 1.54) is 38.8 Å². The molecule has 30 nitrogen and oxygen atoms in total. The number of nitrogens with one attached hydrogen (secondary N) is 4. The molecular formula is C114H146F3N17O13. The summed E-state index contributed by atoms with van der Waals surface area (Å²) in [6, 6.07) is 41.6. The average Bonchev–Trinajstić information content (AvgIpc) is 1.75. The quantitative estimate of drug-likeness (QED) is 0.0278. The summed E-state index contributed by atoms with van der Waals surface area (Å²) in [7, 11) is 15.7. The van der Waals surface area contributed by atoms with Crippen molar-refractivity contribution in [2.24, 2.45) is 11.8 Å². The molecule has 0 bridgehead atoms. The molecule has 20 rings (SSSR count). The van der Waals surface area contributed by atoms with Crippen LogP contribution in [0.25, 0.3) is 89.4 Å². The molecule has 8 aliphatic heterocycles. The number of alkyl halides is 3. The first kappa shape index (κ1) is 106. The molecule has 0 aliphatic carbocycles. The number of furan rings is 4. The number of piperidine rings is 6. The monoisotopic (exact) mass is 2020 g/mol. The highest BCUT2D eigenvalue weighted by molar-refractivity contribution is 6.00. The number of nitrogens with zero attached hydrogens (tertiary/aromatic N) is 13. The number of hydrogen-bond donors (Lipinski definition) is 4. The first-order valence-corrected chi connectivity index (χ1v) is 52.8. The lowest BCUT2D eigenvalue weighted by Crippen LogP contribution is -2.41. The number of likely N-dealkylation sites (tertiary alicyclic amines) is 8. The maximum Gasteiger partial charge on any atom is 0.422 e. The second-order valence-corrected chi connectivity index (χ2v) is 41.2. The van der Waals surface area contributed by atoms with Crippen LogP contribution in [0.3, 0.4) is 0 Å². The van der Waals surface area contributed by atoms with Gasteiger partial charge in [-0.05, 0) is 339 Å². The second-order valence-electron chi connectivity index (χ2n) is 41.2. The molecule has 8 saturated heterocycles. The van der Waals surface area contributed by atoms with Crippen LogP contribution in [0.5, 0.6) is 40.2 Å². The second kappa shape index (κ2) is 49.5. The van der Waals surface area contributed by atoms with E-state index in [1.807, 2.05) is 138 Å². The summed E-state index contributed by atoms with van der Waals surface area (Å²) in [4.78, 5) is 62.1. The van der Waals surface area contributed by atoms with Crippen LogP contribution in [0.1, 0.15) is 151 Å². The van der Waals surface area contributed by atoms with Crippen molar-refractivity contribution in [2.45, 2.75) is 180 Å². The van der Waals surface area contributed by atoms with Crippen LogP contribution >= 0.6 is 0 Å².